The van der Waals surface area contributed by atoms with Crippen LogP contribution >= 0.6 is 11.3 Å². The number of carbonyl (C=O) groups is 1. The molecule has 5 heteroatoms. The predicted octanol–water partition coefficient (Wildman–Crippen LogP) is 1.35. The van der Waals surface area contributed by atoms with Gasteiger partial charge in [0, 0.05) is 18.3 Å². The van der Waals surface area contributed by atoms with Gasteiger partial charge >= 0.3 is 5.97 Å². The van der Waals surface area contributed by atoms with E-state index in [1.165, 1.54) is 0 Å². The van der Waals surface area contributed by atoms with Crippen LogP contribution < -0.4 is 0 Å². The van der Waals surface area contributed by atoms with Gasteiger partial charge < -0.3 is 9.64 Å². The Balaban J connectivity index is 2.42. The van der Waals surface area contributed by atoms with Gasteiger partial charge in [-0.05, 0) is 21.0 Å². The molecule has 16 heavy (non-hydrogen) atoms. The Kier molecular flexibility index (Phi) is 5.42. The van der Waals surface area contributed by atoms with Crippen molar-refractivity contribution in [2.24, 2.45) is 0 Å². The van der Waals surface area contributed by atoms with Gasteiger partial charge in [0.25, 0.3) is 0 Å². The van der Waals surface area contributed by atoms with Gasteiger partial charge in [0.2, 0.25) is 0 Å². The molecule has 0 bridgehead atoms. The van der Waals surface area contributed by atoms with Gasteiger partial charge in [0.15, 0.2) is 0 Å². The van der Waals surface area contributed by atoms with Gasteiger partial charge in [0.05, 0.1) is 23.7 Å². The van der Waals surface area contributed by atoms with Crippen molar-refractivity contribution in [1.82, 2.24) is 9.88 Å². The zero-order valence-electron chi connectivity index (χ0n) is 10.0. The number of likely N-dealkylation sites (N-methyl/N-ethyl adjacent to an activating group) is 1. The largest absolute Gasteiger partial charge is 0.466 e. The first-order valence-corrected chi connectivity index (χ1v) is 6.23. The zero-order valence-corrected chi connectivity index (χ0v) is 10.8. The first-order valence-electron chi connectivity index (χ1n) is 5.35. The Labute approximate surface area is 100 Å². The standard InChI is InChI=1S/C11H18N2O2S/c1-4-15-11(14)7-9-8-16-10(12-9)5-6-13(2)3/h8H,4-7H2,1-3H3. The molecular formula is C11H18N2O2S. The number of carbonyl (C=O) groups excluding carboxylic acids is 1. The lowest BCUT2D eigenvalue weighted by Crippen LogP contribution is -2.15. The van der Waals surface area contributed by atoms with Crippen molar-refractivity contribution in [1.29, 1.82) is 0 Å². The molecule has 1 aromatic heterocycles. The van der Waals surface area contributed by atoms with Gasteiger partial charge in [-0.2, -0.15) is 0 Å². The summed E-state index contributed by atoms with van der Waals surface area (Å²) in [6, 6.07) is 0. The third-order valence-electron chi connectivity index (χ3n) is 2.00. The number of aromatic nitrogens is 1. The van der Waals surface area contributed by atoms with Gasteiger partial charge in [-0.25, -0.2) is 4.98 Å². The second-order valence-corrected chi connectivity index (χ2v) is 4.71. The van der Waals surface area contributed by atoms with E-state index in [1.807, 2.05) is 26.4 Å². The van der Waals surface area contributed by atoms with Crippen molar-refractivity contribution in [2.45, 2.75) is 19.8 Å². The Morgan fingerprint density at radius 1 is 1.56 bits per heavy atom. The predicted molar refractivity (Wildman–Crippen MR) is 64.7 cm³/mol. The molecule has 0 aliphatic carbocycles. The van der Waals surface area contributed by atoms with E-state index in [1.54, 1.807) is 11.3 Å². The fraction of sp³-hybridized carbons (Fsp3) is 0.636. The molecule has 0 radical (unpaired) electrons. The van der Waals surface area contributed by atoms with E-state index in [2.05, 4.69) is 9.88 Å². The summed E-state index contributed by atoms with van der Waals surface area (Å²) in [6.07, 6.45) is 1.22. The van der Waals surface area contributed by atoms with E-state index in [0.717, 1.165) is 23.7 Å². The van der Waals surface area contributed by atoms with Crippen molar-refractivity contribution in [2.75, 3.05) is 27.2 Å². The minimum atomic E-state index is -0.202. The molecule has 0 amide bonds. The van der Waals surface area contributed by atoms with E-state index in [-0.39, 0.29) is 12.4 Å². The van der Waals surface area contributed by atoms with Crippen LogP contribution in [-0.4, -0.2) is 43.1 Å². The molecule has 0 saturated heterocycles. The van der Waals surface area contributed by atoms with Crippen LogP contribution in [0.5, 0.6) is 0 Å². The minimum Gasteiger partial charge on any atom is -0.466 e. The number of rotatable bonds is 6. The second kappa shape index (κ2) is 6.60. The third kappa shape index (κ3) is 4.72. The molecule has 0 aliphatic heterocycles. The van der Waals surface area contributed by atoms with Crippen molar-refractivity contribution < 1.29 is 9.53 Å². The lowest BCUT2D eigenvalue weighted by Gasteiger charge is -2.06. The molecule has 0 aromatic carbocycles. The molecule has 1 aromatic rings. The van der Waals surface area contributed by atoms with Gasteiger partial charge in [-0.15, -0.1) is 11.3 Å². The number of hydrogen-bond donors (Lipinski definition) is 0. The van der Waals surface area contributed by atoms with E-state index in [0.29, 0.717) is 6.61 Å². The molecular weight excluding hydrogens is 224 g/mol. The van der Waals surface area contributed by atoms with Gasteiger partial charge in [-0.3, -0.25) is 4.79 Å². The zero-order chi connectivity index (χ0) is 12.0. The van der Waals surface area contributed by atoms with E-state index >= 15 is 0 Å². The van der Waals surface area contributed by atoms with Gasteiger partial charge in [0.1, 0.15) is 0 Å². The van der Waals surface area contributed by atoms with Crippen LogP contribution in [0, 0.1) is 0 Å². The summed E-state index contributed by atoms with van der Waals surface area (Å²) >= 11 is 1.61. The molecule has 1 rings (SSSR count). The van der Waals surface area contributed by atoms with Crippen molar-refractivity contribution in [3.05, 3.63) is 16.1 Å². The van der Waals surface area contributed by atoms with Crippen LogP contribution in [0.2, 0.25) is 0 Å². The third-order valence-corrected chi connectivity index (χ3v) is 2.96. The lowest BCUT2D eigenvalue weighted by atomic mass is 10.3. The van der Waals surface area contributed by atoms with Crippen molar-refractivity contribution in [3.8, 4) is 0 Å². The highest BCUT2D eigenvalue weighted by atomic mass is 32.1. The Morgan fingerprint density at radius 3 is 2.94 bits per heavy atom. The van der Waals surface area contributed by atoms with Crippen molar-refractivity contribution >= 4 is 17.3 Å². The molecule has 0 N–H and O–H groups in total. The Morgan fingerprint density at radius 2 is 2.31 bits per heavy atom. The van der Waals surface area contributed by atoms with E-state index < -0.39 is 0 Å². The maximum Gasteiger partial charge on any atom is 0.311 e. The van der Waals surface area contributed by atoms with Crippen molar-refractivity contribution in [3.63, 3.8) is 0 Å². The normalized spacial score (nSPS) is 10.8. The molecule has 0 spiro atoms. The van der Waals surface area contributed by atoms with E-state index in [9.17, 15) is 4.79 Å². The minimum absolute atomic E-state index is 0.202. The van der Waals surface area contributed by atoms with Crippen LogP contribution in [0.15, 0.2) is 5.38 Å². The number of nitrogens with zero attached hydrogens (tertiary/aromatic N) is 2. The average molecular weight is 242 g/mol. The fourth-order valence-corrected chi connectivity index (χ4v) is 2.01. The molecule has 1 heterocycles. The Hall–Kier alpha value is -0.940. The summed E-state index contributed by atoms with van der Waals surface area (Å²) in [7, 11) is 4.07. The van der Waals surface area contributed by atoms with Crippen LogP contribution in [0.4, 0.5) is 0 Å². The highest BCUT2D eigenvalue weighted by Gasteiger charge is 2.08. The summed E-state index contributed by atoms with van der Waals surface area (Å²) in [5.74, 6) is -0.202. The average Bonchev–Trinajstić information content (AvgIpc) is 2.63. The SMILES string of the molecule is CCOC(=O)Cc1csc(CCN(C)C)n1. The smallest absolute Gasteiger partial charge is 0.311 e. The molecule has 0 saturated carbocycles. The quantitative estimate of drug-likeness (QED) is 0.706. The number of ether oxygens (including phenoxy) is 1. The summed E-state index contributed by atoms with van der Waals surface area (Å²) in [5, 5.41) is 3.01. The van der Waals surface area contributed by atoms with Crippen LogP contribution in [0.3, 0.4) is 0 Å². The molecule has 90 valence electrons. The number of hydrogen-bond acceptors (Lipinski definition) is 5. The summed E-state index contributed by atoms with van der Waals surface area (Å²) in [5.41, 5.74) is 0.817. The molecule has 0 unspecified atom stereocenters. The maximum atomic E-state index is 11.2. The first-order chi connectivity index (χ1) is 7.61. The summed E-state index contributed by atoms with van der Waals surface area (Å²) in [4.78, 5) is 17.7. The lowest BCUT2D eigenvalue weighted by molar-refractivity contribution is -0.142. The number of thiazole rings is 1. The summed E-state index contributed by atoms with van der Waals surface area (Å²) < 4.78 is 4.87. The summed E-state index contributed by atoms with van der Waals surface area (Å²) in [6.45, 7) is 3.21. The fourth-order valence-electron chi connectivity index (χ4n) is 1.22. The highest BCUT2D eigenvalue weighted by Crippen LogP contribution is 2.11. The van der Waals surface area contributed by atoms with Crippen LogP contribution in [0.1, 0.15) is 17.6 Å². The topological polar surface area (TPSA) is 42.4 Å². The molecule has 0 aliphatic rings. The van der Waals surface area contributed by atoms with Crippen LogP contribution in [0.25, 0.3) is 0 Å². The first kappa shape index (κ1) is 13.1. The monoisotopic (exact) mass is 242 g/mol. The van der Waals surface area contributed by atoms with E-state index in [4.69, 9.17) is 4.74 Å². The molecule has 4 nitrogen and oxygen atoms in total. The van der Waals surface area contributed by atoms with Gasteiger partial charge in [-0.1, -0.05) is 0 Å². The molecule has 0 fully saturated rings. The van der Waals surface area contributed by atoms with Crippen LogP contribution in [-0.2, 0) is 22.4 Å². The Bertz CT molecular complexity index is 336. The maximum absolute atomic E-state index is 11.2. The highest BCUT2D eigenvalue weighted by molar-refractivity contribution is 7.09. The number of esters is 1. The molecule has 0 atom stereocenters. The second-order valence-electron chi connectivity index (χ2n) is 3.77.